The average molecular weight is 438 g/mol. The minimum atomic E-state index is -0.582. The molecule has 5 heteroatoms. The van der Waals surface area contributed by atoms with Crippen molar-refractivity contribution in [1.82, 2.24) is 4.90 Å². The number of halogens is 1. The number of aliphatic hydroxyl groups excluding tert-OH is 1. The number of rotatable bonds is 7. The van der Waals surface area contributed by atoms with Gasteiger partial charge in [-0.2, -0.15) is 0 Å². The Bertz CT molecular complexity index is 981. The Balaban J connectivity index is 1.45. The second-order valence-electron chi connectivity index (χ2n) is 8.05. The number of likely N-dealkylation sites (N-methyl/N-ethyl adjacent to an activating group) is 1. The lowest BCUT2D eigenvalue weighted by molar-refractivity contribution is -0.0496. The summed E-state index contributed by atoms with van der Waals surface area (Å²) in [4.78, 5) is 2.23. The number of aliphatic hydroxyl groups is 1. The summed E-state index contributed by atoms with van der Waals surface area (Å²) in [6.07, 6.45) is 1.89. The molecule has 31 heavy (non-hydrogen) atoms. The van der Waals surface area contributed by atoms with Crippen LogP contribution < -0.4 is 9.47 Å². The molecule has 0 aliphatic heterocycles. The molecular formula is C26H28ClNO3. The van der Waals surface area contributed by atoms with Crippen LogP contribution in [0.4, 0.5) is 0 Å². The lowest BCUT2D eigenvalue weighted by atomic mass is 9.88. The largest absolute Gasteiger partial charge is 0.484 e. The van der Waals surface area contributed by atoms with Crippen molar-refractivity contribution in [2.45, 2.75) is 44.1 Å². The molecule has 3 aromatic rings. The first kappa shape index (κ1) is 21.7. The van der Waals surface area contributed by atoms with E-state index in [1.165, 1.54) is 5.56 Å². The van der Waals surface area contributed by atoms with Crippen LogP contribution in [0.2, 0.25) is 5.02 Å². The molecular weight excluding hydrogens is 410 g/mol. The van der Waals surface area contributed by atoms with Gasteiger partial charge in [0.25, 0.3) is 0 Å². The lowest BCUT2D eigenvalue weighted by Gasteiger charge is -2.39. The highest BCUT2D eigenvalue weighted by molar-refractivity contribution is 6.30. The van der Waals surface area contributed by atoms with E-state index >= 15 is 0 Å². The first-order valence-electron chi connectivity index (χ1n) is 10.7. The van der Waals surface area contributed by atoms with Gasteiger partial charge in [-0.05, 0) is 62.2 Å². The molecule has 0 bridgehead atoms. The zero-order valence-electron chi connectivity index (χ0n) is 17.7. The zero-order valence-corrected chi connectivity index (χ0v) is 18.4. The molecule has 1 saturated carbocycles. The smallest absolute Gasteiger partial charge is 0.169 e. The van der Waals surface area contributed by atoms with Crippen LogP contribution in [0, 0.1) is 0 Å². The van der Waals surface area contributed by atoms with Crippen molar-refractivity contribution in [2.24, 2.45) is 0 Å². The Morgan fingerprint density at radius 2 is 1.68 bits per heavy atom. The summed E-state index contributed by atoms with van der Waals surface area (Å²) in [5.41, 5.74) is 1.24. The Hall–Kier alpha value is -2.53. The quantitative estimate of drug-likeness (QED) is 0.497. The minimum Gasteiger partial charge on any atom is -0.484 e. The Kier molecular flexibility index (Phi) is 7.13. The van der Waals surface area contributed by atoms with Crippen LogP contribution in [-0.4, -0.2) is 35.3 Å². The van der Waals surface area contributed by atoms with E-state index in [1.54, 1.807) is 12.1 Å². The summed E-state index contributed by atoms with van der Waals surface area (Å²) in [6, 6.07) is 25.2. The topological polar surface area (TPSA) is 41.9 Å². The summed E-state index contributed by atoms with van der Waals surface area (Å²) in [6.45, 7) is 0.795. The Labute approximate surface area is 189 Å². The SMILES string of the molecule is CN(Cc1ccccc1)[C@@H]1CCC[C@@H](Oc2ccccc2Oc2cccc(Cl)c2)[C@@H]1O. The Morgan fingerprint density at radius 1 is 0.935 bits per heavy atom. The maximum absolute atomic E-state index is 11.1. The van der Waals surface area contributed by atoms with Gasteiger partial charge in [0, 0.05) is 17.6 Å². The third-order valence-electron chi connectivity index (χ3n) is 5.76. The van der Waals surface area contributed by atoms with Crippen LogP contribution in [0.5, 0.6) is 17.2 Å². The van der Waals surface area contributed by atoms with E-state index in [-0.39, 0.29) is 12.1 Å². The molecule has 1 fully saturated rings. The number of benzene rings is 3. The van der Waals surface area contributed by atoms with Gasteiger partial charge < -0.3 is 14.6 Å². The minimum absolute atomic E-state index is 0.0416. The molecule has 4 rings (SSSR count). The summed E-state index contributed by atoms with van der Waals surface area (Å²) in [5.74, 6) is 1.88. The number of ether oxygens (including phenoxy) is 2. The highest BCUT2D eigenvalue weighted by Gasteiger charge is 2.36. The molecule has 0 unspecified atom stereocenters. The first-order chi connectivity index (χ1) is 15.1. The maximum atomic E-state index is 11.1. The molecule has 0 heterocycles. The standard InChI is InChI=1S/C26H28ClNO3/c1-28(18-19-9-3-2-4-10-19)22-13-8-16-25(26(22)29)31-24-15-6-5-14-23(24)30-21-12-7-11-20(27)17-21/h2-7,9-12,14-15,17,22,25-26,29H,8,13,16,18H2,1H3/t22-,25-,26-/m1/s1. The molecule has 0 aromatic heterocycles. The molecule has 0 saturated heterocycles. The third-order valence-corrected chi connectivity index (χ3v) is 5.99. The van der Waals surface area contributed by atoms with Crippen LogP contribution in [0.3, 0.4) is 0 Å². The molecule has 0 amide bonds. The zero-order chi connectivity index (χ0) is 21.6. The van der Waals surface area contributed by atoms with Crippen LogP contribution in [0.15, 0.2) is 78.9 Å². The predicted octanol–water partition coefficient (Wildman–Crippen LogP) is 5.93. The van der Waals surface area contributed by atoms with Gasteiger partial charge in [-0.1, -0.05) is 60.1 Å². The van der Waals surface area contributed by atoms with E-state index in [0.717, 1.165) is 25.8 Å². The number of nitrogens with zero attached hydrogens (tertiary/aromatic N) is 1. The summed E-state index contributed by atoms with van der Waals surface area (Å²) in [7, 11) is 2.07. The van der Waals surface area contributed by atoms with Crippen molar-refractivity contribution in [1.29, 1.82) is 0 Å². The predicted molar refractivity (Wildman–Crippen MR) is 124 cm³/mol. The van der Waals surface area contributed by atoms with Gasteiger partial charge in [-0.3, -0.25) is 4.90 Å². The van der Waals surface area contributed by atoms with Crippen molar-refractivity contribution < 1.29 is 14.6 Å². The van der Waals surface area contributed by atoms with E-state index in [2.05, 4.69) is 24.1 Å². The average Bonchev–Trinajstić information content (AvgIpc) is 2.77. The van der Waals surface area contributed by atoms with Crippen molar-refractivity contribution in [3.63, 3.8) is 0 Å². The summed E-state index contributed by atoms with van der Waals surface area (Å²) in [5, 5.41) is 11.7. The van der Waals surface area contributed by atoms with Gasteiger partial charge in [0.05, 0.1) is 0 Å². The highest BCUT2D eigenvalue weighted by atomic mass is 35.5. The normalized spacial score (nSPS) is 21.1. The van der Waals surface area contributed by atoms with Crippen LogP contribution in [0.25, 0.3) is 0 Å². The van der Waals surface area contributed by atoms with Gasteiger partial charge >= 0.3 is 0 Å². The highest BCUT2D eigenvalue weighted by Crippen LogP contribution is 2.35. The van der Waals surface area contributed by atoms with Gasteiger partial charge in [0.15, 0.2) is 11.5 Å². The Morgan fingerprint density at radius 3 is 2.45 bits per heavy atom. The van der Waals surface area contributed by atoms with Gasteiger partial charge in [0.2, 0.25) is 0 Å². The molecule has 3 aromatic carbocycles. The second-order valence-corrected chi connectivity index (χ2v) is 8.49. The van der Waals surface area contributed by atoms with E-state index in [4.69, 9.17) is 21.1 Å². The molecule has 1 N–H and O–H groups in total. The molecule has 0 spiro atoms. The van der Waals surface area contributed by atoms with E-state index in [0.29, 0.717) is 22.3 Å². The second kappa shape index (κ2) is 10.2. The maximum Gasteiger partial charge on any atom is 0.169 e. The number of para-hydroxylation sites is 2. The van der Waals surface area contributed by atoms with Crippen LogP contribution in [-0.2, 0) is 6.54 Å². The third kappa shape index (κ3) is 5.59. The molecule has 3 atom stereocenters. The van der Waals surface area contributed by atoms with Crippen LogP contribution in [0.1, 0.15) is 24.8 Å². The molecule has 162 valence electrons. The van der Waals surface area contributed by atoms with E-state index in [1.807, 2.05) is 54.6 Å². The molecule has 4 nitrogen and oxygen atoms in total. The van der Waals surface area contributed by atoms with Crippen molar-refractivity contribution in [3.8, 4) is 17.2 Å². The van der Waals surface area contributed by atoms with Crippen LogP contribution >= 0.6 is 11.6 Å². The monoisotopic (exact) mass is 437 g/mol. The van der Waals surface area contributed by atoms with E-state index in [9.17, 15) is 5.11 Å². The number of hydrogen-bond acceptors (Lipinski definition) is 4. The lowest BCUT2D eigenvalue weighted by Crippen LogP contribution is -2.51. The molecule has 0 radical (unpaired) electrons. The van der Waals surface area contributed by atoms with Crippen molar-refractivity contribution >= 4 is 11.6 Å². The summed E-state index contributed by atoms with van der Waals surface area (Å²) >= 11 is 6.08. The fourth-order valence-electron chi connectivity index (χ4n) is 4.17. The molecule has 1 aliphatic carbocycles. The fourth-order valence-corrected chi connectivity index (χ4v) is 4.35. The van der Waals surface area contributed by atoms with E-state index < -0.39 is 6.10 Å². The van der Waals surface area contributed by atoms with Gasteiger partial charge in [-0.25, -0.2) is 0 Å². The van der Waals surface area contributed by atoms with Gasteiger partial charge in [0.1, 0.15) is 18.0 Å². The fraction of sp³-hybridized carbons (Fsp3) is 0.308. The summed E-state index contributed by atoms with van der Waals surface area (Å²) < 4.78 is 12.3. The van der Waals surface area contributed by atoms with Crippen molar-refractivity contribution in [3.05, 3.63) is 89.4 Å². The first-order valence-corrected chi connectivity index (χ1v) is 11.1. The van der Waals surface area contributed by atoms with Crippen molar-refractivity contribution in [2.75, 3.05) is 7.05 Å². The number of hydrogen-bond donors (Lipinski definition) is 1. The van der Waals surface area contributed by atoms with Gasteiger partial charge in [-0.15, -0.1) is 0 Å². The molecule has 1 aliphatic rings.